The monoisotopic (exact) mass is 858 g/mol. The topological polar surface area (TPSA) is 156 Å². The lowest BCUT2D eigenvalue weighted by molar-refractivity contribution is -0.438. The van der Waals surface area contributed by atoms with E-state index in [-0.39, 0.29) is 22.5 Å². The summed E-state index contributed by atoms with van der Waals surface area (Å²) in [5, 5.41) is 16.7. The summed E-state index contributed by atoms with van der Waals surface area (Å²) in [5.74, 6) is -1.33. The average Bonchev–Trinajstić information content (AvgIpc) is 3.59. The quantitative estimate of drug-likeness (QED) is 0.0324. The van der Waals surface area contributed by atoms with Crippen molar-refractivity contribution >= 4 is 60.6 Å². The molecule has 328 valence electrons. The fourth-order valence-corrected chi connectivity index (χ4v) is 9.81. The number of carboxylic acid groups (broad SMARTS) is 1. The zero-order chi connectivity index (χ0) is 44.5. The molecule has 0 bridgehead atoms. The van der Waals surface area contributed by atoms with E-state index in [2.05, 4.69) is 140 Å². The van der Waals surface area contributed by atoms with Gasteiger partial charge in [0.25, 0.3) is 0 Å². The molecule has 0 saturated carbocycles. The van der Waals surface area contributed by atoms with Crippen molar-refractivity contribution in [1.29, 1.82) is 0 Å². The lowest BCUT2D eigenvalue weighted by atomic mass is 9.79. The highest BCUT2D eigenvalue weighted by molar-refractivity contribution is 7.85. The molecule has 6 rings (SSSR count). The van der Waals surface area contributed by atoms with Crippen LogP contribution in [0.4, 0.5) is 11.4 Å². The van der Waals surface area contributed by atoms with Crippen molar-refractivity contribution in [3.63, 3.8) is 0 Å². The van der Waals surface area contributed by atoms with Crippen LogP contribution >= 0.6 is 0 Å². The Hall–Kier alpha value is -5.36. The molecule has 11 heteroatoms. The number of amides is 1. The van der Waals surface area contributed by atoms with Gasteiger partial charge in [0.2, 0.25) is 11.6 Å². The Bertz CT molecular complexity index is 2550. The summed E-state index contributed by atoms with van der Waals surface area (Å²) in [6, 6.07) is 24.8. The van der Waals surface area contributed by atoms with Crippen molar-refractivity contribution in [2.75, 3.05) is 30.3 Å². The molecular formula is C51H62N4O6S. The molecule has 4 aromatic carbocycles. The van der Waals surface area contributed by atoms with Gasteiger partial charge < -0.3 is 25.6 Å². The van der Waals surface area contributed by atoms with Gasteiger partial charge in [0, 0.05) is 66.2 Å². The van der Waals surface area contributed by atoms with Crippen molar-refractivity contribution in [3.8, 4) is 0 Å². The number of nitrogens with one attached hydrogen (secondary N) is 1. The highest BCUT2D eigenvalue weighted by Crippen LogP contribution is 2.51. The number of benzene rings is 4. The van der Waals surface area contributed by atoms with Gasteiger partial charge in [-0.25, -0.2) is 8.42 Å². The molecule has 2 aliphatic heterocycles. The smallest absolute Gasteiger partial charge is 0.320 e. The molecule has 10 nitrogen and oxygen atoms in total. The van der Waals surface area contributed by atoms with Crippen LogP contribution in [0.25, 0.3) is 21.5 Å². The van der Waals surface area contributed by atoms with Crippen LogP contribution in [0.3, 0.4) is 0 Å². The van der Waals surface area contributed by atoms with E-state index in [1.165, 1.54) is 44.1 Å². The van der Waals surface area contributed by atoms with Crippen molar-refractivity contribution in [2.45, 2.75) is 102 Å². The molecule has 0 aliphatic carbocycles. The number of carbonyl (C=O) groups is 2. The Morgan fingerprint density at radius 1 is 0.790 bits per heavy atom. The molecule has 4 N–H and O–H groups in total. The number of hydrogen-bond donors (Lipinski definition) is 3. The maximum absolute atomic E-state index is 12.5. The first-order valence-corrected chi connectivity index (χ1v) is 23.6. The third-order valence-electron chi connectivity index (χ3n) is 12.4. The third-order valence-corrected chi connectivity index (χ3v) is 13.1. The second kappa shape index (κ2) is 20.2. The Kier molecular flexibility index (Phi) is 15.1. The van der Waals surface area contributed by atoms with Gasteiger partial charge in [-0.15, -0.1) is 0 Å². The van der Waals surface area contributed by atoms with E-state index in [9.17, 15) is 22.6 Å². The van der Waals surface area contributed by atoms with Crippen LogP contribution in [0.5, 0.6) is 0 Å². The predicted octanol–water partition coefficient (Wildman–Crippen LogP) is 9.30. The number of aliphatic carboxylic acids is 1. The molecule has 0 radical (unpaired) electrons. The second-order valence-electron chi connectivity index (χ2n) is 17.6. The van der Waals surface area contributed by atoms with Crippen LogP contribution in [0.15, 0.2) is 121 Å². The molecular weight excluding hydrogens is 797 g/mol. The fourth-order valence-electron chi connectivity index (χ4n) is 9.25. The Labute approximate surface area is 367 Å². The molecule has 2 heterocycles. The van der Waals surface area contributed by atoms with Crippen LogP contribution in [-0.4, -0.2) is 71.7 Å². The number of nitrogens with zero attached hydrogens (tertiary/aromatic N) is 2. The lowest BCUT2D eigenvalue weighted by Gasteiger charge is -2.27. The van der Waals surface area contributed by atoms with Gasteiger partial charge in [0.15, 0.2) is 5.71 Å². The van der Waals surface area contributed by atoms with Crippen molar-refractivity contribution in [3.05, 3.63) is 132 Å². The van der Waals surface area contributed by atoms with Gasteiger partial charge in [0.1, 0.15) is 12.6 Å². The zero-order valence-electron chi connectivity index (χ0n) is 36.6. The molecule has 62 heavy (non-hydrogen) atoms. The normalized spacial score (nSPS) is 17.0. The van der Waals surface area contributed by atoms with Crippen molar-refractivity contribution in [1.82, 2.24) is 5.32 Å². The van der Waals surface area contributed by atoms with Crippen LogP contribution in [0, 0.1) is 0 Å². The van der Waals surface area contributed by atoms with Crippen LogP contribution in [0.1, 0.15) is 96.6 Å². The lowest BCUT2D eigenvalue weighted by Crippen LogP contribution is -2.30. The summed E-state index contributed by atoms with van der Waals surface area (Å²) < 4.78 is 36.4. The van der Waals surface area contributed by atoms with Crippen molar-refractivity contribution < 1.29 is 32.2 Å². The number of allylic oxidation sites excluding steroid dienone is 8. The molecule has 1 atom stereocenters. The zero-order valence-corrected chi connectivity index (χ0v) is 37.4. The number of nitrogens with two attached hydrogens (primary N) is 1. The molecule has 0 aromatic heterocycles. The summed E-state index contributed by atoms with van der Waals surface area (Å²) in [5.41, 5.74) is 12.3. The van der Waals surface area contributed by atoms with Gasteiger partial charge >= 0.3 is 5.97 Å². The first kappa shape index (κ1) is 46.2. The van der Waals surface area contributed by atoms with E-state index < -0.39 is 22.1 Å². The van der Waals surface area contributed by atoms with Gasteiger partial charge in [-0.1, -0.05) is 98.8 Å². The first-order chi connectivity index (χ1) is 29.6. The van der Waals surface area contributed by atoms with E-state index >= 15 is 0 Å². The maximum atomic E-state index is 12.5. The molecule has 2 aliphatic rings. The molecule has 0 spiro atoms. The average molecular weight is 859 g/mol. The van der Waals surface area contributed by atoms with Crippen molar-refractivity contribution in [2.24, 2.45) is 5.73 Å². The Morgan fingerprint density at radius 2 is 1.45 bits per heavy atom. The summed E-state index contributed by atoms with van der Waals surface area (Å²) in [6.07, 6.45) is 20.4. The molecule has 0 unspecified atom stereocenters. The summed E-state index contributed by atoms with van der Waals surface area (Å²) in [4.78, 5) is 25.7. The van der Waals surface area contributed by atoms with Gasteiger partial charge in [-0.2, -0.15) is 4.58 Å². The minimum absolute atomic E-state index is 0.0218. The molecule has 0 saturated heterocycles. The standard InChI is InChI=1S/C51H62N4O6S/c1-50(2)44(54(42-31-29-37-21-12-14-23-39(37)47(42)50)34-18-8-11-28-46(56)53-33-17-16-25-41(52)49(57)58)26-9-6-5-7-10-27-45-51(3,4)48-40-24-15-13-22-38(40)30-32-43(48)55(45)35-19-20-36-62(59,60)61/h5-7,9-10,12-15,21-24,26-27,29-32,41H,8,11,16-20,25,28,33-36,52H2,1-4H3,(H2-,53,56,57,58,59,60,61)/t41-/m0/s1. The highest BCUT2D eigenvalue weighted by atomic mass is 32.2. The Morgan fingerprint density at radius 3 is 2.16 bits per heavy atom. The number of anilines is 1. The summed E-state index contributed by atoms with van der Waals surface area (Å²) in [6.45, 7) is 11.0. The third kappa shape index (κ3) is 10.8. The number of carboxylic acids is 1. The van der Waals surface area contributed by atoms with Crippen LogP contribution in [-0.2, 0) is 30.5 Å². The fraction of sp³-hybridized carbons (Fsp3) is 0.392. The molecule has 0 fully saturated rings. The Balaban J connectivity index is 1.14. The number of unbranched alkanes of at least 4 members (excludes halogenated alkanes) is 4. The summed E-state index contributed by atoms with van der Waals surface area (Å²) >= 11 is 0. The van der Waals surface area contributed by atoms with E-state index in [1.54, 1.807) is 0 Å². The van der Waals surface area contributed by atoms with Gasteiger partial charge in [-0.3, -0.25) is 9.59 Å². The minimum Gasteiger partial charge on any atom is -0.748 e. The molecule has 1 amide bonds. The highest BCUT2D eigenvalue weighted by Gasteiger charge is 2.45. The van der Waals surface area contributed by atoms with E-state index in [0.29, 0.717) is 51.6 Å². The SMILES string of the molecule is CC1(C)C(\C=C/C=C/C=C/C=C2/N(CCCCS(=O)(=O)[O-])c3ccc4ccccc4c3C2(C)C)=[N+](CCCCCC(=O)NCCCC[C@H](N)C(=O)O)c2ccc3ccccc3c21. The van der Waals surface area contributed by atoms with Gasteiger partial charge in [-0.05, 0) is 104 Å². The van der Waals surface area contributed by atoms with E-state index in [0.717, 1.165) is 37.2 Å². The molecule has 4 aromatic rings. The number of carbonyl (C=O) groups excluding carboxylic acids is 1. The largest absolute Gasteiger partial charge is 0.748 e. The second-order valence-corrected chi connectivity index (χ2v) is 19.1. The minimum atomic E-state index is -4.26. The maximum Gasteiger partial charge on any atom is 0.320 e. The number of rotatable bonds is 21. The van der Waals surface area contributed by atoms with E-state index in [1.807, 2.05) is 18.2 Å². The summed E-state index contributed by atoms with van der Waals surface area (Å²) in [7, 11) is -4.26. The predicted molar refractivity (Wildman–Crippen MR) is 251 cm³/mol. The van der Waals surface area contributed by atoms with Crippen LogP contribution in [0.2, 0.25) is 0 Å². The number of fused-ring (bicyclic) bond motifs is 6. The van der Waals surface area contributed by atoms with Crippen LogP contribution < -0.4 is 16.0 Å². The van der Waals surface area contributed by atoms with Gasteiger partial charge in [0.05, 0.1) is 15.5 Å². The first-order valence-electron chi connectivity index (χ1n) is 22.0. The number of hydrogen-bond acceptors (Lipinski definition) is 7. The van der Waals surface area contributed by atoms with E-state index in [4.69, 9.17) is 10.8 Å².